The zero-order valence-electron chi connectivity index (χ0n) is 18.0. The summed E-state index contributed by atoms with van der Waals surface area (Å²) in [6.07, 6.45) is 0. The summed E-state index contributed by atoms with van der Waals surface area (Å²) in [5.74, 6) is 0.661. The van der Waals surface area contributed by atoms with Crippen LogP contribution in [-0.4, -0.2) is 52.3 Å². The largest absolute Gasteiger partial charge is 0.496 e. The molecule has 0 radical (unpaired) electrons. The van der Waals surface area contributed by atoms with E-state index in [1.165, 1.54) is 28.0 Å². The fraction of sp³-hybridized carbons (Fsp3) is 0.391. The third-order valence-electron chi connectivity index (χ3n) is 5.74. The monoisotopic (exact) mass is 412 g/mol. The molecule has 1 aliphatic heterocycles. The number of piperazine rings is 1. The normalized spacial score (nSPS) is 19.6. The van der Waals surface area contributed by atoms with Crippen molar-refractivity contribution < 1.29 is 24.1 Å². The highest BCUT2D eigenvalue weighted by atomic mass is 16.5. The fourth-order valence-electron chi connectivity index (χ4n) is 4.17. The first-order valence-corrected chi connectivity index (χ1v) is 10.4. The van der Waals surface area contributed by atoms with Crippen LogP contribution >= 0.6 is 0 Å². The molecule has 1 aliphatic rings. The van der Waals surface area contributed by atoms with Gasteiger partial charge in [0.2, 0.25) is 0 Å². The molecule has 0 spiro atoms. The van der Waals surface area contributed by atoms with Crippen LogP contribution < -0.4 is 25.2 Å². The lowest BCUT2D eigenvalue weighted by Gasteiger charge is -2.34. The number of benzene rings is 2. The Balaban J connectivity index is 1.69. The molecule has 1 fully saturated rings. The van der Waals surface area contributed by atoms with Gasteiger partial charge in [-0.05, 0) is 19.1 Å². The van der Waals surface area contributed by atoms with E-state index in [1.54, 1.807) is 7.11 Å². The second kappa shape index (κ2) is 10.2. The molecular weight excluding hydrogens is 380 g/mol. The molecule has 0 unspecified atom stereocenters. The summed E-state index contributed by atoms with van der Waals surface area (Å²) < 4.78 is 5.53. The van der Waals surface area contributed by atoms with Gasteiger partial charge in [-0.1, -0.05) is 42.0 Å². The molecule has 2 aromatic carbocycles. The summed E-state index contributed by atoms with van der Waals surface area (Å²) in [5, 5.41) is 4.92. The molecule has 3 amide bonds. The van der Waals surface area contributed by atoms with Gasteiger partial charge >= 0.3 is 6.03 Å². The van der Waals surface area contributed by atoms with Gasteiger partial charge in [0, 0.05) is 18.2 Å². The maximum atomic E-state index is 12.9. The predicted octanol–water partition coefficient (Wildman–Crippen LogP) is -0.516. The Morgan fingerprint density at radius 1 is 1.07 bits per heavy atom. The molecule has 7 nitrogen and oxygen atoms in total. The van der Waals surface area contributed by atoms with Crippen LogP contribution in [0.15, 0.2) is 48.5 Å². The first kappa shape index (κ1) is 21.8. The maximum Gasteiger partial charge on any atom is 0.321 e. The summed E-state index contributed by atoms with van der Waals surface area (Å²) in [4.78, 5) is 27.3. The average Bonchev–Trinajstić information content (AvgIpc) is 2.76. The highest BCUT2D eigenvalue weighted by molar-refractivity contribution is 5.96. The van der Waals surface area contributed by atoms with Crippen molar-refractivity contribution in [3.8, 4) is 5.75 Å². The van der Waals surface area contributed by atoms with E-state index >= 15 is 0 Å². The molecule has 3 rings (SSSR count). The van der Waals surface area contributed by atoms with Crippen LogP contribution in [0.4, 0.5) is 4.79 Å². The minimum Gasteiger partial charge on any atom is -0.496 e. The Bertz CT molecular complexity index is 864. The number of carbonyl (C=O) groups excluding carboxylic acids is 2. The minimum atomic E-state index is -0.476. The number of amides is 3. The smallest absolute Gasteiger partial charge is 0.321 e. The quantitative estimate of drug-likeness (QED) is 0.516. The van der Waals surface area contributed by atoms with Crippen LogP contribution in [0, 0.1) is 6.92 Å². The van der Waals surface area contributed by atoms with Gasteiger partial charge in [0.15, 0.2) is 6.04 Å². The Hall–Kier alpha value is -2.90. The van der Waals surface area contributed by atoms with Crippen LogP contribution in [0.25, 0.3) is 0 Å². The number of quaternary nitrogens is 2. The molecule has 160 valence electrons. The van der Waals surface area contributed by atoms with Gasteiger partial charge in [0.05, 0.1) is 7.11 Å². The molecule has 0 saturated carbocycles. The lowest BCUT2D eigenvalue weighted by molar-refractivity contribution is -1.03. The van der Waals surface area contributed by atoms with Gasteiger partial charge in [-0.2, -0.15) is 0 Å². The van der Waals surface area contributed by atoms with E-state index in [0.29, 0.717) is 0 Å². The molecule has 1 atom stereocenters. The summed E-state index contributed by atoms with van der Waals surface area (Å²) in [6.45, 7) is 6.59. The maximum absolute atomic E-state index is 12.9. The molecule has 0 bridgehead atoms. The first-order valence-electron chi connectivity index (χ1n) is 10.4. The topological polar surface area (TPSA) is 76.3 Å². The highest BCUT2D eigenvalue weighted by Crippen LogP contribution is 2.18. The van der Waals surface area contributed by atoms with Gasteiger partial charge in [-0.3, -0.25) is 10.1 Å². The van der Waals surface area contributed by atoms with E-state index in [2.05, 4.69) is 29.7 Å². The van der Waals surface area contributed by atoms with Crippen molar-refractivity contribution in [3.63, 3.8) is 0 Å². The number of hydrogen-bond acceptors (Lipinski definition) is 3. The van der Waals surface area contributed by atoms with Crippen molar-refractivity contribution in [2.24, 2.45) is 0 Å². The van der Waals surface area contributed by atoms with E-state index in [-0.39, 0.29) is 5.91 Å². The first-order chi connectivity index (χ1) is 14.5. The Kier molecular flexibility index (Phi) is 7.43. The van der Waals surface area contributed by atoms with E-state index < -0.39 is 12.1 Å². The molecule has 7 heteroatoms. The van der Waals surface area contributed by atoms with Crippen LogP contribution in [0.2, 0.25) is 0 Å². The van der Waals surface area contributed by atoms with Crippen molar-refractivity contribution in [3.05, 3.63) is 65.2 Å². The number of aryl methyl sites for hydroxylation is 1. The summed E-state index contributed by atoms with van der Waals surface area (Å²) in [7, 11) is 3.22. The molecule has 0 aromatic heterocycles. The molecular formula is C23H32N4O3+2. The van der Waals surface area contributed by atoms with E-state index in [4.69, 9.17) is 4.74 Å². The number of ether oxygens (including phenoxy) is 1. The van der Waals surface area contributed by atoms with Gasteiger partial charge in [-0.15, -0.1) is 0 Å². The molecule has 1 saturated heterocycles. The van der Waals surface area contributed by atoms with Gasteiger partial charge in [0.25, 0.3) is 5.91 Å². The summed E-state index contributed by atoms with van der Waals surface area (Å²) in [6, 6.07) is 15.1. The Labute approximate surface area is 178 Å². The molecule has 30 heavy (non-hydrogen) atoms. The van der Waals surface area contributed by atoms with Crippen molar-refractivity contribution in [1.29, 1.82) is 0 Å². The van der Waals surface area contributed by atoms with E-state index in [0.717, 1.165) is 44.0 Å². The number of imide groups is 1. The van der Waals surface area contributed by atoms with Crippen molar-refractivity contribution in [2.75, 3.05) is 40.3 Å². The van der Waals surface area contributed by atoms with E-state index in [1.807, 2.05) is 36.4 Å². The van der Waals surface area contributed by atoms with Crippen LogP contribution in [0.3, 0.4) is 0 Å². The zero-order chi connectivity index (χ0) is 21.5. The number of urea groups is 1. The molecule has 2 aromatic rings. The molecule has 1 heterocycles. The number of hydrogen-bond donors (Lipinski definition) is 4. The number of rotatable bonds is 6. The molecule has 0 aliphatic carbocycles. The van der Waals surface area contributed by atoms with Gasteiger partial charge in [-0.25, -0.2) is 4.79 Å². The van der Waals surface area contributed by atoms with E-state index in [9.17, 15) is 9.59 Å². The SMILES string of the molecule is CNC(=O)NC(=O)[C@H](c1ccccc1)[NH+]1CC[NH+](Cc2cc(C)ccc2OC)CC1. The summed E-state index contributed by atoms with van der Waals surface area (Å²) in [5.41, 5.74) is 3.37. The fourth-order valence-corrected chi connectivity index (χ4v) is 4.17. The average molecular weight is 413 g/mol. The standard InChI is InChI=1S/C23H30N4O3/c1-17-9-10-20(30-3)19(15-17)16-26-11-13-27(14-12-26)21(18-7-5-4-6-8-18)22(28)25-23(29)24-2/h4-10,15,21H,11-14,16H2,1-3H3,(H2,24,25,28,29)/p+2/t21-/m0/s1. The number of carbonyl (C=O) groups is 2. The zero-order valence-corrected chi connectivity index (χ0v) is 18.0. The highest BCUT2D eigenvalue weighted by Gasteiger charge is 2.36. The molecule has 4 N–H and O–H groups in total. The summed E-state index contributed by atoms with van der Waals surface area (Å²) >= 11 is 0. The second-order valence-electron chi connectivity index (χ2n) is 7.81. The Morgan fingerprint density at radius 2 is 1.77 bits per heavy atom. The van der Waals surface area contributed by atoms with Gasteiger partial charge < -0.3 is 19.9 Å². The van der Waals surface area contributed by atoms with Crippen molar-refractivity contribution in [2.45, 2.75) is 19.5 Å². The number of nitrogens with one attached hydrogen (secondary N) is 4. The van der Waals surface area contributed by atoms with Crippen molar-refractivity contribution >= 4 is 11.9 Å². The van der Waals surface area contributed by atoms with Crippen LogP contribution in [0.1, 0.15) is 22.7 Å². The predicted molar refractivity (Wildman–Crippen MR) is 115 cm³/mol. The van der Waals surface area contributed by atoms with Gasteiger partial charge in [0.1, 0.15) is 38.5 Å². The Morgan fingerprint density at radius 3 is 2.40 bits per heavy atom. The van der Waals surface area contributed by atoms with Crippen molar-refractivity contribution in [1.82, 2.24) is 10.6 Å². The third-order valence-corrected chi connectivity index (χ3v) is 5.74. The second-order valence-corrected chi connectivity index (χ2v) is 7.81. The lowest BCUT2D eigenvalue weighted by Crippen LogP contribution is -3.28. The van der Waals surface area contributed by atoms with Crippen LogP contribution in [0.5, 0.6) is 5.75 Å². The minimum absolute atomic E-state index is 0.264. The third kappa shape index (κ3) is 5.37. The lowest BCUT2D eigenvalue weighted by atomic mass is 10.0. The number of methoxy groups -OCH3 is 1. The van der Waals surface area contributed by atoms with Crippen LogP contribution in [-0.2, 0) is 11.3 Å².